The summed E-state index contributed by atoms with van der Waals surface area (Å²) in [6.45, 7) is 0. The van der Waals surface area contributed by atoms with Crippen molar-refractivity contribution in [1.82, 2.24) is 25.2 Å². The molecule has 3 rings (SSSR count). The lowest BCUT2D eigenvalue weighted by Crippen LogP contribution is -2.03. The van der Waals surface area contributed by atoms with Gasteiger partial charge in [-0.2, -0.15) is 0 Å². The summed E-state index contributed by atoms with van der Waals surface area (Å²) < 4.78 is 0. The van der Waals surface area contributed by atoms with Crippen LogP contribution in [0, 0.1) is 0 Å². The normalized spacial score (nSPS) is 10.6. The van der Waals surface area contributed by atoms with E-state index in [-0.39, 0.29) is 5.15 Å². The lowest BCUT2D eigenvalue weighted by Gasteiger charge is -1.99. The molecule has 0 unspecified atom stereocenters. The number of hydrogen-bond donors (Lipinski definition) is 1. The van der Waals surface area contributed by atoms with Gasteiger partial charge in [-0.25, -0.2) is 4.98 Å². The van der Waals surface area contributed by atoms with E-state index in [1.807, 2.05) is 30.3 Å². The van der Waals surface area contributed by atoms with Gasteiger partial charge in [0.15, 0.2) is 5.82 Å². The molecule has 19 heavy (non-hydrogen) atoms. The van der Waals surface area contributed by atoms with E-state index >= 15 is 0 Å². The Morgan fingerprint density at radius 2 is 1.89 bits per heavy atom. The highest BCUT2D eigenvalue weighted by Gasteiger charge is 2.08. The van der Waals surface area contributed by atoms with Crippen LogP contribution in [0.15, 0.2) is 42.5 Å². The maximum atomic E-state index is 5.84. The standard InChI is InChI=1S/C12H9ClN6/c13-10-6-9(14)7-11(15-10)19-17-12(16-18-19)8-4-2-1-3-5-8/h1-7H,(H2,14,15). The maximum absolute atomic E-state index is 5.84. The van der Waals surface area contributed by atoms with Crippen molar-refractivity contribution in [3.05, 3.63) is 47.6 Å². The number of anilines is 1. The number of halogens is 1. The van der Waals surface area contributed by atoms with Gasteiger partial charge in [0.05, 0.1) is 0 Å². The number of hydrogen-bond acceptors (Lipinski definition) is 5. The molecule has 0 aliphatic rings. The van der Waals surface area contributed by atoms with Crippen molar-refractivity contribution in [3.8, 4) is 17.2 Å². The molecule has 0 bridgehead atoms. The largest absolute Gasteiger partial charge is 0.399 e. The Hall–Kier alpha value is -2.47. The number of aromatic nitrogens is 5. The van der Waals surface area contributed by atoms with E-state index < -0.39 is 0 Å². The summed E-state index contributed by atoms with van der Waals surface area (Å²) in [5, 5.41) is 12.5. The third kappa shape index (κ3) is 2.38. The van der Waals surface area contributed by atoms with Gasteiger partial charge in [-0.1, -0.05) is 41.9 Å². The van der Waals surface area contributed by atoms with Crippen molar-refractivity contribution in [3.63, 3.8) is 0 Å². The molecule has 0 fully saturated rings. The predicted molar refractivity (Wildman–Crippen MR) is 71.8 cm³/mol. The Kier molecular flexibility index (Phi) is 2.85. The van der Waals surface area contributed by atoms with E-state index in [2.05, 4.69) is 20.4 Å². The molecule has 0 amide bonds. The number of benzene rings is 1. The highest BCUT2D eigenvalue weighted by atomic mass is 35.5. The molecule has 6 nitrogen and oxygen atoms in total. The topological polar surface area (TPSA) is 82.5 Å². The van der Waals surface area contributed by atoms with Crippen molar-refractivity contribution in [2.45, 2.75) is 0 Å². The van der Waals surface area contributed by atoms with Gasteiger partial charge in [0.2, 0.25) is 5.82 Å². The molecular weight excluding hydrogens is 264 g/mol. The number of pyridine rings is 1. The molecule has 3 aromatic rings. The fourth-order valence-electron chi connectivity index (χ4n) is 1.62. The van der Waals surface area contributed by atoms with E-state index in [1.54, 1.807) is 12.1 Å². The van der Waals surface area contributed by atoms with Crippen LogP contribution in [0.2, 0.25) is 5.15 Å². The van der Waals surface area contributed by atoms with Crippen LogP contribution in [0.25, 0.3) is 17.2 Å². The van der Waals surface area contributed by atoms with Crippen molar-refractivity contribution in [2.24, 2.45) is 0 Å². The molecule has 2 heterocycles. The zero-order valence-electron chi connectivity index (χ0n) is 9.73. The van der Waals surface area contributed by atoms with Crippen LogP contribution < -0.4 is 5.73 Å². The van der Waals surface area contributed by atoms with Gasteiger partial charge < -0.3 is 5.73 Å². The summed E-state index contributed by atoms with van der Waals surface area (Å²) >= 11 is 5.84. The summed E-state index contributed by atoms with van der Waals surface area (Å²) in [4.78, 5) is 5.39. The number of rotatable bonds is 2. The molecule has 0 atom stereocenters. The number of tetrazole rings is 1. The molecule has 0 saturated heterocycles. The first kappa shape index (κ1) is 11.6. The summed E-state index contributed by atoms with van der Waals surface area (Å²) in [5.74, 6) is 0.945. The average Bonchev–Trinajstić information content (AvgIpc) is 2.88. The highest BCUT2D eigenvalue weighted by molar-refractivity contribution is 6.29. The average molecular weight is 273 g/mol. The Morgan fingerprint density at radius 3 is 2.63 bits per heavy atom. The maximum Gasteiger partial charge on any atom is 0.205 e. The lowest BCUT2D eigenvalue weighted by molar-refractivity contribution is 0.701. The summed E-state index contributed by atoms with van der Waals surface area (Å²) in [6, 6.07) is 12.7. The summed E-state index contributed by atoms with van der Waals surface area (Å²) in [6.07, 6.45) is 0. The van der Waals surface area contributed by atoms with Gasteiger partial charge in [-0.05, 0) is 11.3 Å². The number of nitrogens with zero attached hydrogens (tertiary/aromatic N) is 5. The second-order valence-corrected chi connectivity index (χ2v) is 4.24. The second kappa shape index (κ2) is 4.66. The molecular formula is C12H9ClN6. The fourth-order valence-corrected chi connectivity index (χ4v) is 1.83. The fraction of sp³-hybridized carbons (Fsp3) is 0. The molecule has 1 aromatic carbocycles. The highest BCUT2D eigenvalue weighted by Crippen LogP contribution is 2.16. The third-order valence-electron chi connectivity index (χ3n) is 2.45. The van der Waals surface area contributed by atoms with Crippen LogP contribution in [-0.2, 0) is 0 Å². The number of nitrogen functional groups attached to an aromatic ring is 1. The van der Waals surface area contributed by atoms with Crippen LogP contribution in [0.1, 0.15) is 0 Å². The third-order valence-corrected chi connectivity index (χ3v) is 2.65. The molecule has 0 radical (unpaired) electrons. The molecule has 94 valence electrons. The van der Waals surface area contributed by atoms with Gasteiger partial charge in [-0.3, -0.25) is 0 Å². The predicted octanol–water partition coefficient (Wildman–Crippen LogP) is 1.96. The Labute approximate surface area is 113 Å². The van der Waals surface area contributed by atoms with Crippen molar-refractivity contribution in [1.29, 1.82) is 0 Å². The van der Waals surface area contributed by atoms with Crippen LogP contribution in [-0.4, -0.2) is 25.2 Å². The van der Waals surface area contributed by atoms with E-state index in [0.717, 1.165) is 5.56 Å². The van der Waals surface area contributed by atoms with Crippen molar-refractivity contribution >= 4 is 17.3 Å². The van der Waals surface area contributed by atoms with Crippen LogP contribution in [0.3, 0.4) is 0 Å². The summed E-state index contributed by atoms with van der Waals surface area (Å²) in [7, 11) is 0. The molecule has 2 aromatic heterocycles. The van der Waals surface area contributed by atoms with Crippen molar-refractivity contribution < 1.29 is 0 Å². The molecule has 0 saturated carbocycles. The minimum atomic E-state index is 0.286. The Balaban J connectivity index is 2.02. The SMILES string of the molecule is Nc1cc(Cl)nc(-n2nnc(-c3ccccc3)n2)c1. The van der Waals surface area contributed by atoms with E-state index in [0.29, 0.717) is 17.3 Å². The molecule has 2 N–H and O–H groups in total. The van der Waals surface area contributed by atoms with Crippen LogP contribution in [0.4, 0.5) is 5.69 Å². The Bertz CT molecular complexity index is 689. The van der Waals surface area contributed by atoms with Crippen LogP contribution >= 0.6 is 11.6 Å². The molecule has 7 heteroatoms. The monoisotopic (exact) mass is 272 g/mol. The van der Waals surface area contributed by atoms with E-state index in [9.17, 15) is 0 Å². The minimum Gasteiger partial charge on any atom is -0.399 e. The molecule has 0 aliphatic heterocycles. The number of nitrogens with two attached hydrogens (primary N) is 1. The summed E-state index contributed by atoms with van der Waals surface area (Å²) in [5.41, 5.74) is 7.07. The van der Waals surface area contributed by atoms with Gasteiger partial charge >= 0.3 is 0 Å². The molecule has 0 aliphatic carbocycles. The van der Waals surface area contributed by atoms with Gasteiger partial charge in [0.25, 0.3) is 0 Å². The van der Waals surface area contributed by atoms with E-state index in [4.69, 9.17) is 17.3 Å². The smallest absolute Gasteiger partial charge is 0.205 e. The molecule has 0 spiro atoms. The lowest BCUT2D eigenvalue weighted by atomic mass is 10.2. The second-order valence-electron chi connectivity index (χ2n) is 3.85. The first-order valence-corrected chi connectivity index (χ1v) is 5.89. The first-order valence-electron chi connectivity index (χ1n) is 5.51. The zero-order valence-corrected chi connectivity index (χ0v) is 10.5. The van der Waals surface area contributed by atoms with E-state index in [1.165, 1.54) is 4.80 Å². The van der Waals surface area contributed by atoms with Gasteiger partial charge in [-0.15, -0.1) is 15.0 Å². The van der Waals surface area contributed by atoms with Crippen molar-refractivity contribution in [2.75, 3.05) is 5.73 Å². The van der Waals surface area contributed by atoms with Gasteiger partial charge in [0.1, 0.15) is 5.15 Å². The van der Waals surface area contributed by atoms with Crippen LogP contribution in [0.5, 0.6) is 0 Å². The Morgan fingerprint density at radius 1 is 1.11 bits per heavy atom. The quantitative estimate of drug-likeness (QED) is 0.721. The minimum absolute atomic E-state index is 0.286. The zero-order chi connectivity index (χ0) is 13.2. The first-order chi connectivity index (χ1) is 9.22. The van der Waals surface area contributed by atoms with Gasteiger partial charge in [0, 0.05) is 17.3 Å².